The second-order valence-electron chi connectivity index (χ2n) is 6.07. The van der Waals surface area contributed by atoms with Crippen LogP contribution in [-0.2, 0) is 6.54 Å². The number of halogens is 1. The quantitative estimate of drug-likeness (QED) is 0.640. The maximum Gasteiger partial charge on any atom is 0.231 e. The number of nitrogens with one attached hydrogen (secondary N) is 1. The summed E-state index contributed by atoms with van der Waals surface area (Å²) in [6, 6.07) is 4.05. The lowest BCUT2D eigenvalue weighted by molar-refractivity contribution is 0.174. The lowest BCUT2D eigenvalue weighted by Gasteiger charge is -2.08. The number of hydrogen-bond acceptors (Lipinski definition) is 3. The Morgan fingerprint density at radius 3 is 2.57 bits per heavy atom. The minimum absolute atomic E-state index is 0.328. The molecule has 1 heterocycles. The van der Waals surface area contributed by atoms with Crippen molar-refractivity contribution in [1.82, 2.24) is 5.32 Å². The van der Waals surface area contributed by atoms with Crippen molar-refractivity contribution in [2.45, 2.75) is 52.5 Å². The van der Waals surface area contributed by atoms with Crippen LogP contribution in [0.1, 0.15) is 51.5 Å². The molecule has 0 saturated carbocycles. The maximum atomic E-state index is 5.41. The van der Waals surface area contributed by atoms with Gasteiger partial charge < -0.3 is 14.8 Å². The minimum atomic E-state index is 0.328. The molecule has 0 atom stereocenters. The summed E-state index contributed by atoms with van der Waals surface area (Å²) in [6.07, 6.45) is 6.65. The van der Waals surface area contributed by atoms with Crippen LogP contribution in [-0.4, -0.2) is 13.3 Å². The van der Waals surface area contributed by atoms with E-state index in [0.717, 1.165) is 35.0 Å². The average molecular weight is 356 g/mol. The van der Waals surface area contributed by atoms with Crippen molar-refractivity contribution in [3.63, 3.8) is 0 Å². The molecule has 1 N–H and O–H groups in total. The van der Waals surface area contributed by atoms with Gasteiger partial charge in [0.05, 0.1) is 0 Å². The summed E-state index contributed by atoms with van der Waals surface area (Å²) in [5, 5.41) is 3.51. The van der Waals surface area contributed by atoms with E-state index in [1.165, 1.54) is 37.7 Å². The minimum Gasteiger partial charge on any atom is -0.454 e. The molecule has 0 fully saturated rings. The molecular weight excluding hydrogens is 330 g/mol. The van der Waals surface area contributed by atoms with Gasteiger partial charge in [0.2, 0.25) is 6.79 Å². The number of benzene rings is 1. The Hall–Kier alpha value is -0.740. The Morgan fingerprint density at radius 2 is 1.81 bits per heavy atom. The van der Waals surface area contributed by atoms with Gasteiger partial charge >= 0.3 is 0 Å². The highest BCUT2D eigenvalue weighted by molar-refractivity contribution is 9.10. The molecule has 1 aliphatic heterocycles. The third-order valence-corrected chi connectivity index (χ3v) is 4.48. The number of fused-ring (bicyclic) bond motifs is 1. The topological polar surface area (TPSA) is 30.5 Å². The first-order valence-electron chi connectivity index (χ1n) is 7.95. The van der Waals surface area contributed by atoms with Gasteiger partial charge in [0, 0.05) is 11.0 Å². The molecule has 4 heteroatoms. The van der Waals surface area contributed by atoms with E-state index in [2.05, 4.69) is 41.2 Å². The molecule has 2 rings (SSSR count). The standard InChI is InChI=1S/C17H26BrNO2/c1-13(2)7-5-3-4-6-8-19-11-14-9-16-17(10-15(14)18)21-12-20-16/h9-10,13,19H,3-8,11-12H2,1-2H3. The van der Waals surface area contributed by atoms with Gasteiger partial charge in [0.25, 0.3) is 0 Å². The molecule has 0 spiro atoms. The molecule has 0 aliphatic carbocycles. The molecule has 0 saturated heterocycles. The zero-order chi connectivity index (χ0) is 15.1. The fourth-order valence-corrected chi connectivity index (χ4v) is 2.94. The summed E-state index contributed by atoms with van der Waals surface area (Å²) in [7, 11) is 0. The van der Waals surface area contributed by atoms with Gasteiger partial charge in [-0.3, -0.25) is 0 Å². The average Bonchev–Trinajstić information content (AvgIpc) is 2.88. The summed E-state index contributed by atoms with van der Waals surface area (Å²) >= 11 is 3.59. The van der Waals surface area contributed by atoms with Gasteiger partial charge in [0.1, 0.15) is 0 Å². The lowest BCUT2D eigenvalue weighted by atomic mass is 10.0. The van der Waals surface area contributed by atoms with E-state index in [0.29, 0.717) is 6.79 Å². The van der Waals surface area contributed by atoms with E-state index in [1.807, 2.05) is 6.07 Å². The van der Waals surface area contributed by atoms with Crippen LogP contribution in [0.4, 0.5) is 0 Å². The van der Waals surface area contributed by atoms with Gasteiger partial charge in [-0.25, -0.2) is 0 Å². The van der Waals surface area contributed by atoms with Crippen molar-refractivity contribution >= 4 is 15.9 Å². The van der Waals surface area contributed by atoms with Crippen molar-refractivity contribution < 1.29 is 9.47 Å². The Morgan fingerprint density at radius 1 is 1.10 bits per heavy atom. The first kappa shape index (κ1) is 16.6. The predicted molar refractivity (Wildman–Crippen MR) is 89.9 cm³/mol. The third-order valence-electron chi connectivity index (χ3n) is 3.74. The van der Waals surface area contributed by atoms with Crippen LogP contribution in [0.2, 0.25) is 0 Å². The van der Waals surface area contributed by atoms with Crippen LogP contribution in [0.15, 0.2) is 16.6 Å². The van der Waals surface area contributed by atoms with Gasteiger partial charge in [-0.1, -0.05) is 55.5 Å². The van der Waals surface area contributed by atoms with Crippen LogP contribution in [0.3, 0.4) is 0 Å². The normalized spacial score (nSPS) is 13.1. The van der Waals surface area contributed by atoms with E-state index in [-0.39, 0.29) is 0 Å². The predicted octanol–water partition coefficient (Wildman–Crippen LogP) is 4.87. The van der Waals surface area contributed by atoms with E-state index in [1.54, 1.807) is 0 Å². The molecule has 1 aliphatic rings. The summed E-state index contributed by atoms with van der Waals surface area (Å²) in [5.74, 6) is 2.52. The number of unbranched alkanes of at least 4 members (excludes halogenated alkanes) is 3. The van der Waals surface area contributed by atoms with Crippen molar-refractivity contribution in [2.75, 3.05) is 13.3 Å². The van der Waals surface area contributed by atoms with Crippen LogP contribution in [0.5, 0.6) is 11.5 Å². The van der Waals surface area contributed by atoms with E-state index < -0.39 is 0 Å². The van der Waals surface area contributed by atoms with Crippen molar-refractivity contribution in [1.29, 1.82) is 0 Å². The zero-order valence-corrected chi connectivity index (χ0v) is 14.7. The molecule has 118 valence electrons. The smallest absolute Gasteiger partial charge is 0.231 e. The molecule has 0 aromatic heterocycles. The molecule has 0 amide bonds. The molecular formula is C17H26BrNO2. The van der Waals surface area contributed by atoms with Crippen LogP contribution >= 0.6 is 15.9 Å². The van der Waals surface area contributed by atoms with Gasteiger partial charge in [0.15, 0.2) is 11.5 Å². The highest BCUT2D eigenvalue weighted by Gasteiger charge is 2.15. The third kappa shape index (κ3) is 5.51. The van der Waals surface area contributed by atoms with Gasteiger partial charge in [-0.05, 0) is 36.6 Å². The van der Waals surface area contributed by atoms with Crippen molar-refractivity contribution in [2.24, 2.45) is 5.92 Å². The number of hydrogen-bond donors (Lipinski definition) is 1. The Balaban J connectivity index is 1.61. The maximum absolute atomic E-state index is 5.41. The number of rotatable bonds is 9. The molecule has 3 nitrogen and oxygen atoms in total. The monoisotopic (exact) mass is 355 g/mol. The molecule has 21 heavy (non-hydrogen) atoms. The van der Waals surface area contributed by atoms with Crippen LogP contribution in [0, 0.1) is 5.92 Å². The van der Waals surface area contributed by atoms with Crippen molar-refractivity contribution in [3.05, 3.63) is 22.2 Å². The Labute approximate surface area is 136 Å². The molecule has 1 aromatic rings. The van der Waals surface area contributed by atoms with Gasteiger partial charge in [-0.15, -0.1) is 0 Å². The molecule has 1 aromatic carbocycles. The molecule has 0 bridgehead atoms. The van der Waals surface area contributed by atoms with E-state index in [4.69, 9.17) is 9.47 Å². The largest absolute Gasteiger partial charge is 0.454 e. The SMILES string of the molecule is CC(C)CCCCCCNCc1cc2c(cc1Br)OCO2. The van der Waals surface area contributed by atoms with Crippen LogP contribution < -0.4 is 14.8 Å². The van der Waals surface area contributed by atoms with Crippen molar-refractivity contribution in [3.8, 4) is 11.5 Å². The second-order valence-corrected chi connectivity index (χ2v) is 6.92. The molecule has 0 unspecified atom stereocenters. The summed E-state index contributed by atoms with van der Waals surface area (Å²) in [4.78, 5) is 0. The first-order valence-corrected chi connectivity index (χ1v) is 8.75. The molecule has 0 radical (unpaired) electrons. The lowest BCUT2D eigenvalue weighted by Crippen LogP contribution is -2.15. The van der Waals surface area contributed by atoms with E-state index in [9.17, 15) is 0 Å². The second kappa shape index (κ2) is 8.64. The Kier molecular flexibility index (Phi) is 6.84. The number of ether oxygens (including phenoxy) is 2. The fraction of sp³-hybridized carbons (Fsp3) is 0.647. The fourth-order valence-electron chi connectivity index (χ4n) is 2.47. The summed E-state index contributed by atoms with van der Waals surface area (Å²) in [5.41, 5.74) is 1.22. The summed E-state index contributed by atoms with van der Waals surface area (Å²) in [6.45, 7) is 6.86. The van der Waals surface area contributed by atoms with Gasteiger partial charge in [-0.2, -0.15) is 0 Å². The highest BCUT2D eigenvalue weighted by Crippen LogP contribution is 2.36. The first-order chi connectivity index (χ1) is 10.2. The Bertz CT molecular complexity index is 449. The highest BCUT2D eigenvalue weighted by atomic mass is 79.9. The van der Waals surface area contributed by atoms with Crippen LogP contribution in [0.25, 0.3) is 0 Å². The van der Waals surface area contributed by atoms with E-state index >= 15 is 0 Å². The zero-order valence-electron chi connectivity index (χ0n) is 13.1. The summed E-state index contributed by atoms with van der Waals surface area (Å²) < 4.78 is 11.9.